The lowest BCUT2D eigenvalue weighted by molar-refractivity contribution is 0.215. The molecule has 0 radical (unpaired) electrons. The first-order valence-corrected chi connectivity index (χ1v) is 8.78. The molecule has 0 aromatic carbocycles. The standard InChI is InChI=1S/C17H33Cl/c1-4-7-9-14(6-3)12-16-13-15(8-5-2)10-11-17(16)18/h14-17H,4-13H2,1-3H3. The number of unbranched alkanes of at least 4 members (excludes halogenated alkanes) is 1. The highest BCUT2D eigenvalue weighted by Gasteiger charge is 2.30. The zero-order chi connectivity index (χ0) is 13.4. The van der Waals surface area contributed by atoms with Crippen LogP contribution in [0, 0.1) is 17.8 Å². The van der Waals surface area contributed by atoms with E-state index in [9.17, 15) is 0 Å². The van der Waals surface area contributed by atoms with E-state index in [0.717, 1.165) is 17.8 Å². The Balaban J connectivity index is 2.40. The van der Waals surface area contributed by atoms with Crippen molar-refractivity contribution in [3.8, 4) is 0 Å². The van der Waals surface area contributed by atoms with Gasteiger partial charge in [-0.2, -0.15) is 0 Å². The van der Waals surface area contributed by atoms with Crippen molar-refractivity contribution in [3.05, 3.63) is 0 Å². The van der Waals surface area contributed by atoms with E-state index in [1.165, 1.54) is 64.2 Å². The van der Waals surface area contributed by atoms with Gasteiger partial charge in [0.2, 0.25) is 0 Å². The molecule has 0 spiro atoms. The van der Waals surface area contributed by atoms with Gasteiger partial charge in [-0.3, -0.25) is 0 Å². The Morgan fingerprint density at radius 3 is 2.50 bits per heavy atom. The van der Waals surface area contributed by atoms with Crippen LogP contribution in [0.1, 0.15) is 85.0 Å². The number of rotatable bonds is 8. The Bertz CT molecular complexity index is 202. The normalized spacial score (nSPS) is 30.3. The molecule has 0 nitrogen and oxygen atoms in total. The van der Waals surface area contributed by atoms with E-state index >= 15 is 0 Å². The van der Waals surface area contributed by atoms with Gasteiger partial charge in [-0.05, 0) is 43.4 Å². The van der Waals surface area contributed by atoms with Gasteiger partial charge in [0, 0.05) is 5.38 Å². The maximum absolute atomic E-state index is 6.58. The number of hydrogen-bond acceptors (Lipinski definition) is 0. The molecule has 0 saturated heterocycles. The van der Waals surface area contributed by atoms with Crippen molar-refractivity contribution in [1.82, 2.24) is 0 Å². The summed E-state index contributed by atoms with van der Waals surface area (Å²) in [4.78, 5) is 0. The summed E-state index contributed by atoms with van der Waals surface area (Å²) in [6.45, 7) is 6.97. The van der Waals surface area contributed by atoms with E-state index in [-0.39, 0.29) is 0 Å². The minimum absolute atomic E-state index is 0.466. The molecule has 0 aliphatic heterocycles. The molecule has 1 aliphatic rings. The van der Waals surface area contributed by atoms with Crippen LogP contribution in [-0.2, 0) is 0 Å². The van der Waals surface area contributed by atoms with Crippen molar-refractivity contribution in [1.29, 1.82) is 0 Å². The van der Waals surface area contributed by atoms with E-state index in [4.69, 9.17) is 11.6 Å². The lowest BCUT2D eigenvalue weighted by Gasteiger charge is -2.35. The SMILES string of the molecule is CCCCC(CC)CC1CC(CCC)CCC1Cl. The molecule has 4 unspecified atom stereocenters. The van der Waals surface area contributed by atoms with Gasteiger partial charge >= 0.3 is 0 Å². The molecule has 0 amide bonds. The van der Waals surface area contributed by atoms with Crippen molar-refractivity contribution >= 4 is 11.6 Å². The molecular formula is C17H33Cl. The average molecular weight is 273 g/mol. The predicted molar refractivity (Wildman–Crippen MR) is 83.3 cm³/mol. The molecule has 0 heterocycles. The van der Waals surface area contributed by atoms with Crippen molar-refractivity contribution in [2.75, 3.05) is 0 Å². The molecule has 0 bridgehead atoms. The second-order valence-corrected chi connectivity index (χ2v) is 6.96. The molecule has 0 aromatic heterocycles. The van der Waals surface area contributed by atoms with Gasteiger partial charge in [0.1, 0.15) is 0 Å². The Morgan fingerprint density at radius 2 is 1.89 bits per heavy atom. The highest BCUT2D eigenvalue weighted by Crippen LogP contribution is 2.39. The maximum atomic E-state index is 6.58. The first-order chi connectivity index (χ1) is 8.71. The van der Waals surface area contributed by atoms with Crippen LogP contribution in [0.4, 0.5) is 0 Å². The molecule has 1 saturated carbocycles. The summed E-state index contributed by atoms with van der Waals surface area (Å²) in [5.41, 5.74) is 0. The molecule has 0 aromatic rings. The lowest BCUT2D eigenvalue weighted by atomic mass is 9.74. The van der Waals surface area contributed by atoms with Crippen LogP contribution in [0.2, 0.25) is 0 Å². The van der Waals surface area contributed by atoms with Crippen LogP contribution < -0.4 is 0 Å². The van der Waals surface area contributed by atoms with Crippen LogP contribution in [-0.4, -0.2) is 5.38 Å². The summed E-state index contributed by atoms with van der Waals surface area (Å²) in [6.07, 6.45) is 13.7. The first-order valence-electron chi connectivity index (χ1n) is 8.35. The minimum atomic E-state index is 0.466. The summed E-state index contributed by atoms with van der Waals surface area (Å²) < 4.78 is 0. The molecule has 1 rings (SSSR count). The van der Waals surface area contributed by atoms with E-state index in [1.807, 2.05) is 0 Å². The van der Waals surface area contributed by atoms with Crippen LogP contribution in [0.5, 0.6) is 0 Å². The largest absolute Gasteiger partial charge is 0.123 e. The fourth-order valence-corrected chi connectivity index (χ4v) is 3.98. The van der Waals surface area contributed by atoms with Gasteiger partial charge in [-0.15, -0.1) is 11.6 Å². The Labute approximate surface area is 120 Å². The van der Waals surface area contributed by atoms with Crippen LogP contribution in [0.3, 0.4) is 0 Å². The second-order valence-electron chi connectivity index (χ2n) is 6.40. The van der Waals surface area contributed by atoms with Gasteiger partial charge < -0.3 is 0 Å². The quantitative estimate of drug-likeness (QED) is 0.448. The second kappa shape index (κ2) is 9.23. The van der Waals surface area contributed by atoms with Crippen molar-refractivity contribution in [3.63, 3.8) is 0 Å². The Morgan fingerprint density at radius 1 is 1.11 bits per heavy atom. The third kappa shape index (κ3) is 5.51. The number of hydrogen-bond donors (Lipinski definition) is 0. The van der Waals surface area contributed by atoms with Crippen molar-refractivity contribution < 1.29 is 0 Å². The fraction of sp³-hybridized carbons (Fsp3) is 1.00. The molecule has 1 aliphatic carbocycles. The van der Waals surface area contributed by atoms with Crippen molar-refractivity contribution in [2.45, 2.75) is 90.4 Å². The Hall–Kier alpha value is 0.290. The van der Waals surface area contributed by atoms with E-state index in [0.29, 0.717) is 5.38 Å². The molecular weight excluding hydrogens is 240 g/mol. The van der Waals surface area contributed by atoms with Crippen LogP contribution in [0.25, 0.3) is 0 Å². The molecule has 18 heavy (non-hydrogen) atoms. The topological polar surface area (TPSA) is 0 Å². The number of halogens is 1. The predicted octanol–water partition coefficient (Wildman–Crippen LogP) is 6.42. The monoisotopic (exact) mass is 272 g/mol. The smallest absolute Gasteiger partial charge is 0.0364 e. The zero-order valence-corrected chi connectivity index (χ0v) is 13.5. The summed E-state index contributed by atoms with van der Waals surface area (Å²) >= 11 is 6.58. The molecule has 0 N–H and O–H groups in total. The Kier molecular flexibility index (Phi) is 8.39. The molecule has 4 atom stereocenters. The highest BCUT2D eigenvalue weighted by molar-refractivity contribution is 6.20. The summed E-state index contributed by atoms with van der Waals surface area (Å²) in [5, 5.41) is 0.466. The lowest BCUT2D eigenvalue weighted by Crippen LogP contribution is -2.27. The average Bonchev–Trinajstić information content (AvgIpc) is 2.38. The van der Waals surface area contributed by atoms with Crippen LogP contribution >= 0.6 is 11.6 Å². The van der Waals surface area contributed by atoms with Gasteiger partial charge in [0.15, 0.2) is 0 Å². The third-order valence-corrected chi connectivity index (χ3v) is 5.45. The zero-order valence-electron chi connectivity index (χ0n) is 12.8. The summed E-state index contributed by atoms with van der Waals surface area (Å²) in [5.74, 6) is 2.70. The molecule has 1 fully saturated rings. The minimum Gasteiger partial charge on any atom is -0.123 e. The van der Waals surface area contributed by atoms with E-state index < -0.39 is 0 Å². The van der Waals surface area contributed by atoms with E-state index in [1.54, 1.807) is 0 Å². The fourth-order valence-electron chi connectivity index (χ4n) is 3.65. The molecule has 108 valence electrons. The van der Waals surface area contributed by atoms with Crippen molar-refractivity contribution in [2.24, 2.45) is 17.8 Å². The maximum Gasteiger partial charge on any atom is 0.0364 e. The third-order valence-electron chi connectivity index (χ3n) is 4.87. The number of alkyl halides is 1. The first kappa shape index (κ1) is 16.3. The van der Waals surface area contributed by atoms with Crippen LogP contribution in [0.15, 0.2) is 0 Å². The van der Waals surface area contributed by atoms with Gasteiger partial charge in [-0.1, -0.05) is 59.3 Å². The highest BCUT2D eigenvalue weighted by atomic mass is 35.5. The molecule has 1 heteroatoms. The van der Waals surface area contributed by atoms with Gasteiger partial charge in [-0.25, -0.2) is 0 Å². The van der Waals surface area contributed by atoms with Gasteiger partial charge in [0.25, 0.3) is 0 Å². The summed E-state index contributed by atoms with van der Waals surface area (Å²) in [7, 11) is 0. The van der Waals surface area contributed by atoms with Gasteiger partial charge in [0.05, 0.1) is 0 Å². The van der Waals surface area contributed by atoms with E-state index in [2.05, 4.69) is 20.8 Å². The summed E-state index contributed by atoms with van der Waals surface area (Å²) in [6, 6.07) is 0.